The highest BCUT2D eigenvalue weighted by molar-refractivity contribution is 5.89. The van der Waals surface area contributed by atoms with Crippen molar-refractivity contribution >= 4 is 5.91 Å². The van der Waals surface area contributed by atoms with Crippen LogP contribution in [-0.4, -0.2) is 25.8 Å². The van der Waals surface area contributed by atoms with Gasteiger partial charge in [0.05, 0.1) is 29.3 Å². The number of nitrogens with zero attached hydrogens (tertiary/aromatic N) is 4. The average molecular weight is 347 g/mol. The number of furan rings is 1. The van der Waals surface area contributed by atoms with Crippen LogP contribution in [0.2, 0.25) is 0 Å². The van der Waals surface area contributed by atoms with Crippen LogP contribution in [0.15, 0.2) is 41.3 Å². The van der Waals surface area contributed by atoms with Crippen molar-refractivity contribution in [3.63, 3.8) is 0 Å². The lowest BCUT2D eigenvalue weighted by Gasteiger charge is -2.13. The predicted octanol–water partition coefficient (Wildman–Crippen LogP) is 2.59. The second kappa shape index (κ2) is 5.45. The zero-order valence-corrected chi connectivity index (χ0v) is 14.1. The summed E-state index contributed by atoms with van der Waals surface area (Å²) in [5, 5.41) is 0. The first-order chi connectivity index (χ1) is 12.7. The second-order valence-electron chi connectivity index (χ2n) is 6.95. The minimum atomic E-state index is -0.697. The molecule has 0 bridgehead atoms. The van der Waals surface area contributed by atoms with E-state index in [4.69, 9.17) is 15.1 Å². The fourth-order valence-corrected chi connectivity index (χ4v) is 3.19. The molecule has 0 spiro atoms. The van der Waals surface area contributed by atoms with Crippen molar-refractivity contribution < 1.29 is 9.21 Å². The largest absolute Gasteiger partial charge is 0.463 e. The van der Waals surface area contributed by atoms with Crippen LogP contribution in [-0.2, 0) is 10.2 Å². The molecule has 0 aliphatic heterocycles. The van der Waals surface area contributed by atoms with Gasteiger partial charge in [-0.15, -0.1) is 0 Å². The molecule has 0 saturated heterocycles. The Bertz CT molecular complexity index is 991. The first kappa shape index (κ1) is 15.2. The van der Waals surface area contributed by atoms with Gasteiger partial charge in [0, 0.05) is 12.1 Å². The van der Waals surface area contributed by atoms with Gasteiger partial charge in [-0.2, -0.15) is 0 Å². The van der Waals surface area contributed by atoms with E-state index in [0.29, 0.717) is 47.3 Å². The average Bonchev–Trinajstić information content (AvgIpc) is 3.59. The number of nitrogens with two attached hydrogens (primary N) is 1. The predicted molar refractivity (Wildman–Crippen MR) is 92.8 cm³/mol. The van der Waals surface area contributed by atoms with E-state index in [2.05, 4.69) is 15.0 Å². The van der Waals surface area contributed by atoms with E-state index in [1.54, 1.807) is 24.7 Å². The molecule has 0 atom stereocenters. The zero-order valence-electron chi connectivity index (χ0n) is 14.1. The molecular weight excluding hydrogens is 330 g/mol. The molecule has 0 aromatic carbocycles. The lowest BCUT2D eigenvalue weighted by atomic mass is 10.0. The molecule has 0 radical (unpaired) electrons. The topological polar surface area (TPSA) is 108 Å². The van der Waals surface area contributed by atoms with Gasteiger partial charge in [-0.1, -0.05) is 0 Å². The molecule has 2 aliphatic rings. The Balaban J connectivity index is 1.65. The lowest BCUT2D eigenvalue weighted by Crippen LogP contribution is -2.29. The maximum absolute atomic E-state index is 11.9. The number of hydrogen-bond acceptors (Lipinski definition) is 6. The molecule has 2 N–H and O–H groups in total. The van der Waals surface area contributed by atoms with Crippen LogP contribution < -0.4 is 5.73 Å². The number of primary amides is 1. The van der Waals surface area contributed by atoms with Crippen LogP contribution in [0.1, 0.15) is 43.1 Å². The fourth-order valence-electron chi connectivity index (χ4n) is 3.19. The van der Waals surface area contributed by atoms with Gasteiger partial charge < -0.3 is 10.2 Å². The van der Waals surface area contributed by atoms with Gasteiger partial charge in [0.15, 0.2) is 5.76 Å². The van der Waals surface area contributed by atoms with Crippen molar-refractivity contribution in [2.24, 2.45) is 5.73 Å². The summed E-state index contributed by atoms with van der Waals surface area (Å²) in [6.07, 6.45) is 8.63. The van der Waals surface area contributed by atoms with Crippen molar-refractivity contribution in [1.82, 2.24) is 19.9 Å². The van der Waals surface area contributed by atoms with Crippen molar-refractivity contribution in [3.8, 4) is 22.8 Å². The third-order valence-electron chi connectivity index (χ3n) is 5.10. The standard InChI is InChI=1S/C19H17N5O2/c20-18(25)19(6-7-19)14-10-22-15(16(24-14)13-2-1-9-26-13)12-5-8-21-17(23-12)11-3-4-11/h1-2,5,8-11H,3-4,6-7H2,(H2,20,25). The number of carbonyl (C=O) groups excluding carboxylic acids is 1. The van der Waals surface area contributed by atoms with Crippen molar-refractivity contribution in [3.05, 3.63) is 48.4 Å². The summed E-state index contributed by atoms with van der Waals surface area (Å²) in [7, 11) is 0. The lowest BCUT2D eigenvalue weighted by molar-refractivity contribution is -0.120. The third-order valence-corrected chi connectivity index (χ3v) is 5.10. The van der Waals surface area contributed by atoms with Crippen LogP contribution in [0.4, 0.5) is 0 Å². The van der Waals surface area contributed by atoms with Crippen LogP contribution >= 0.6 is 0 Å². The Kier molecular flexibility index (Phi) is 3.19. The van der Waals surface area contributed by atoms with Gasteiger partial charge in [0.25, 0.3) is 0 Å². The van der Waals surface area contributed by atoms with E-state index < -0.39 is 5.41 Å². The van der Waals surface area contributed by atoms with Gasteiger partial charge in [-0.05, 0) is 43.9 Å². The summed E-state index contributed by atoms with van der Waals surface area (Å²) in [4.78, 5) is 30.2. The number of hydrogen-bond donors (Lipinski definition) is 1. The molecule has 3 aromatic rings. The monoisotopic (exact) mass is 347 g/mol. The van der Waals surface area contributed by atoms with E-state index in [0.717, 1.165) is 18.7 Å². The molecule has 2 fully saturated rings. The Labute approximate surface area is 149 Å². The molecule has 26 heavy (non-hydrogen) atoms. The highest BCUT2D eigenvalue weighted by Gasteiger charge is 2.52. The summed E-state index contributed by atoms with van der Waals surface area (Å²) in [5.41, 5.74) is 7.38. The minimum absolute atomic E-state index is 0.358. The molecule has 5 rings (SSSR count). The summed E-state index contributed by atoms with van der Waals surface area (Å²) in [6, 6.07) is 5.44. The van der Waals surface area contributed by atoms with E-state index in [1.165, 1.54) is 0 Å². The van der Waals surface area contributed by atoms with E-state index >= 15 is 0 Å². The quantitative estimate of drug-likeness (QED) is 0.760. The fraction of sp³-hybridized carbons (Fsp3) is 0.316. The maximum Gasteiger partial charge on any atom is 0.229 e. The SMILES string of the molecule is NC(=O)C1(c2cnc(-c3ccnc(C4CC4)n3)c(-c3ccco3)n2)CC1. The highest BCUT2D eigenvalue weighted by atomic mass is 16.3. The van der Waals surface area contributed by atoms with Crippen LogP contribution in [0.3, 0.4) is 0 Å². The van der Waals surface area contributed by atoms with Crippen molar-refractivity contribution in [2.45, 2.75) is 37.0 Å². The summed E-state index contributed by atoms with van der Waals surface area (Å²) < 4.78 is 5.56. The van der Waals surface area contributed by atoms with Crippen molar-refractivity contribution in [1.29, 1.82) is 0 Å². The van der Waals surface area contributed by atoms with Gasteiger partial charge >= 0.3 is 0 Å². The van der Waals surface area contributed by atoms with Gasteiger partial charge in [-0.3, -0.25) is 9.78 Å². The highest BCUT2D eigenvalue weighted by Crippen LogP contribution is 2.47. The molecule has 0 unspecified atom stereocenters. The van der Waals surface area contributed by atoms with Gasteiger partial charge in [0.1, 0.15) is 17.2 Å². The number of amides is 1. The number of aromatic nitrogens is 4. The van der Waals surface area contributed by atoms with E-state index in [-0.39, 0.29) is 5.91 Å². The van der Waals surface area contributed by atoms with Crippen LogP contribution in [0.25, 0.3) is 22.8 Å². The summed E-state index contributed by atoms with van der Waals surface area (Å²) >= 11 is 0. The molecular formula is C19H17N5O2. The smallest absolute Gasteiger partial charge is 0.229 e. The molecule has 2 saturated carbocycles. The second-order valence-corrected chi connectivity index (χ2v) is 6.95. The Morgan fingerprint density at radius 3 is 2.65 bits per heavy atom. The normalized spacial score (nSPS) is 17.8. The van der Waals surface area contributed by atoms with Crippen LogP contribution in [0, 0.1) is 0 Å². The van der Waals surface area contributed by atoms with Gasteiger partial charge in [0.2, 0.25) is 5.91 Å². The zero-order chi connectivity index (χ0) is 17.7. The molecule has 7 heteroatoms. The van der Waals surface area contributed by atoms with Crippen molar-refractivity contribution in [2.75, 3.05) is 0 Å². The number of carbonyl (C=O) groups is 1. The summed E-state index contributed by atoms with van der Waals surface area (Å²) in [5.74, 6) is 1.51. The molecule has 3 heterocycles. The Morgan fingerprint density at radius 1 is 1.15 bits per heavy atom. The molecule has 7 nitrogen and oxygen atoms in total. The third kappa shape index (κ3) is 2.39. The molecule has 3 aromatic heterocycles. The Hall–Kier alpha value is -3.09. The molecule has 2 aliphatic carbocycles. The number of rotatable bonds is 5. The first-order valence-corrected chi connectivity index (χ1v) is 8.72. The van der Waals surface area contributed by atoms with E-state index in [9.17, 15) is 4.79 Å². The first-order valence-electron chi connectivity index (χ1n) is 8.72. The molecule has 130 valence electrons. The van der Waals surface area contributed by atoms with Gasteiger partial charge in [-0.25, -0.2) is 15.0 Å². The summed E-state index contributed by atoms with van der Waals surface area (Å²) in [6.45, 7) is 0. The Morgan fingerprint density at radius 2 is 2.00 bits per heavy atom. The van der Waals surface area contributed by atoms with E-state index in [1.807, 2.05) is 12.1 Å². The maximum atomic E-state index is 11.9. The minimum Gasteiger partial charge on any atom is -0.463 e. The molecule has 1 amide bonds. The van der Waals surface area contributed by atoms with Crippen LogP contribution in [0.5, 0.6) is 0 Å².